The summed E-state index contributed by atoms with van der Waals surface area (Å²) in [6, 6.07) is 6.59. The van der Waals surface area contributed by atoms with Gasteiger partial charge >= 0.3 is 0 Å². The van der Waals surface area contributed by atoms with Gasteiger partial charge in [-0.25, -0.2) is 5.43 Å². The number of likely N-dealkylation sites (tertiary alicyclic amines) is 1. The van der Waals surface area contributed by atoms with Crippen LogP contribution in [0.15, 0.2) is 35.7 Å². The number of aromatic nitrogens is 2. The van der Waals surface area contributed by atoms with E-state index in [4.69, 9.17) is 4.74 Å². The number of hydrazone groups is 1. The molecule has 1 saturated heterocycles. The van der Waals surface area contributed by atoms with Crippen LogP contribution in [0, 0.1) is 5.92 Å². The summed E-state index contributed by atoms with van der Waals surface area (Å²) in [5.74, 6) is 0.837. The highest BCUT2D eigenvalue weighted by atomic mass is 16.5. The monoisotopic (exact) mass is 341 g/mol. The van der Waals surface area contributed by atoms with Crippen LogP contribution in [0.4, 0.5) is 0 Å². The van der Waals surface area contributed by atoms with Gasteiger partial charge in [-0.2, -0.15) is 0 Å². The zero-order valence-corrected chi connectivity index (χ0v) is 14.6. The molecule has 7 heteroatoms. The molecule has 1 aromatic carbocycles. The minimum atomic E-state index is 0.239. The van der Waals surface area contributed by atoms with E-state index in [9.17, 15) is 4.79 Å². The molecule has 1 aliphatic heterocycles. The number of ether oxygens (including phenoxy) is 1. The summed E-state index contributed by atoms with van der Waals surface area (Å²) in [5, 5.41) is 3.99. The predicted octanol–water partition coefficient (Wildman–Crippen LogP) is 2.11. The van der Waals surface area contributed by atoms with Crippen molar-refractivity contribution in [2.45, 2.75) is 25.8 Å². The Morgan fingerprint density at radius 3 is 2.72 bits per heavy atom. The number of amides is 1. The van der Waals surface area contributed by atoms with Crippen LogP contribution >= 0.6 is 0 Å². The lowest BCUT2D eigenvalue weighted by atomic mass is 9.94. The van der Waals surface area contributed by atoms with Gasteiger partial charge in [-0.15, -0.1) is 5.10 Å². The highest BCUT2D eigenvalue weighted by molar-refractivity contribution is 5.79. The van der Waals surface area contributed by atoms with Crippen molar-refractivity contribution in [1.29, 1.82) is 0 Å². The Morgan fingerprint density at radius 2 is 2.04 bits per heavy atom. The van der Waals surface area contributed by atoms with Crippen molar-refractivity contribution in [3.63, 3.8) is 0 Å². The molecule has 2 heterocycles. The largest absolute Gasteiger partial charge is 0.483 e. The Kier molecular flexibility index (Phi) is 5.55. The summed E-state index contributed by atoms with van der Waals surface area (Å²) in [4.78, 5) is 21.6. The number of methoxy groups -OCH3 is 1. The highest BCUT2D eigenvalue weighted by Crippen LogP contribution is 2.28. The van der Waals surface area contributed by atoms with E-state index in [2.05, 4.69) is 44.5 Å². The van der Waals surface area contributed by atoms with E-state index in [1.807, 2.05) is 6.07 Å². The van der Waals surface area contributed by atoms with Crippen LogP contribution in [0.2, 0.25) is 0 Å². The number of piperidine rings is 1. The predicted molar refractivity (Wildman–Crippen MR) is 95.9 cm³/mol. The van der Waals surface area contributed by atoms with Crippen molar-refractivity contribution < 1.29 is 9.53 Å². The number of benzene rings is 1. The zero-order chi connectivity index (χ0) is 17.6. The Morgan fingerprint density at radius 1 is 1.32 bits per heavy atom. The smallest absolute Gasteiger partial charge is 0.227 e. The molecule has 0 spiro atoms. The first-order chi connectivity index (χ1) is 12.2. The van der Waals surface area contributed by atoms with Crippen LogP contribution in [-0.2, 0) is 9.53 Å². The SMILES string of the molecule is CO/C(=N\NC=O)C1CCN(C(C)c2ccc3nccnc3c2)CC1. The summed E-state index contributed by atoms with van der Waals surface area (Å²) in [6.07, 6.45) is 5.89. The van der Waals surface area contributed by atoms with Gasteiger partial charge < -0.3 is 4.74 Å². The first-order valence-electron chi connectivity index (χ1n) is 8.48. The third-order valence-electron chi connectivity index (χ3n) is 4.84. The molecule has 0 bridgehead atoms. The molecule has 1 N–H and O–H groups in total. The molecule has 0 radical (unpaired) electrons. The Bertz CT molecular complexity index is 756. The Balaban J connectivity index is 1.66. The standard InChI is InChI=1S/C18H23N5O2/c1-13(15-3-4-16-17(11-15)20-8-7-19-16)23-9-5-14(6-10-23)18(25-2)22-21-12-24/h3-4,7-8,11-14H,5-6,9-10H2,1-2H3,(H,21,24)/b22-18-. The second-order valence-electron chi connectivity index (χ2n) is 6.19. The van der Waals surface area contributed by atoms with Gasteiger partial charge in [0.1, 0.15) is 0 Å². The molecule has 0 saturated carbocycles. The number of rotatable bonds is 5. The first-order valence-corrected chi connectivity index (χ1v) is 8.48. The molecule has 0 aliphatic carbocycles. The van der Waals surface area contributed by atoms with Crippen LogP contribution in [0.1, 0.15) is 31.4 Å². The summed E-state index contributed by atoms with van der Waals surface area (Å²) in [5.41, 5.74) is 5.42. The molecule has 1 aromatic heterocycles. The summed E-state index contributed by atoms with van der Waals surface area (Å²) >= 11 is 0. The van der Waals surface area contributed by atoms with E-state index in [1.54, 1.807) is 19.5 Å². The lowest BCUT2D eigenvalue weighted by Gasteiger charge is -2.36. The Labute approximate surface area is 147 Å². The van der Waals surface area contributed by atoms with Crippen LogP contribution in [0.25, 0.3) is 11.0 Å². The van der Waals surface area contributed by atoms with Gasteiger partial charge in [-0.1, -0.05) is 6.07 Å². The van der Waals surface area contributed by atoms with Gasteiger partial charge in [-0.3, -0.25) is 19.7 Å². The van der Waals surface area contributed by atoms with Gasteiger partial charge in [0.2, 0.25) is 12.3 Å². The second-order valence-corrected chi connectivity index (χ2v) is 6.19. The fourth-order valence-electron chi connectivity index (χ4n) is 3.38. The van der Waals surface area contributed by atoms with Crippen molar-refractivity contribution in [1.82, 2.24) is 20.3 Å². The fraction of sp³-hybridized carbons (Fsp3) is 0.444. The molecule has 1 atom stereocenters. The molecular weight excluding hydrogens is 318 g/mol. The second kappa shape index (κ2) is 8.02. The molecule has 25 heavy (non-hydrogen) atoms. The molecular formula is C18H23N5O2. The minimum absolute atomic E-state index is 0.239. The Hall–Kier alpha value is -2.54. The van der Waals surface area contributed by atoms with E-state index in [0.29, 0.717) is 18.3 Å². The summed E-state index contributed by atoms with van der Waals surface area (Å²) < 4.78 is 5.32. The molecule has 132 valence electrons. The molecule has 1 unspecified atom stereocenters. The fourth-order valence-corrected chi connectivity index (χ4v) is 3.38. The number of carbonyl (C=O) groups excluding carboxylic acids is 1. The molecule has 3 rings (SSSR count). The first kappa shape index (κ1) is 17.3. The van der Waals surface area contributed by atoms with Crippen LogP contribution in [0.5, 0.6) is 0 Å². The number of hydrogen-bond acceptors (Lipinski definition) is 6. The normalized spacial score (nSPS) is 18.1. The van der Waals surface area contributed by atoms with Gasteiger partial charge in [-0.05, 0) is 50.6 Å². The highest BCUT2D eigenvalue weighted by Gasteiger charge is 2.27. The van der Waals surface area contributed by atoms with Gasteiger partial charge in [0.15, 0.2) is 0 Å². The van der Waals surface area contributed by atoms with E-state index >= 15 is 0 Å². The average Bonchev–Trinajstić information content (AvgIpc) is 2.68. The number of fused-ring (bicyclic) bond motifs is 1. The van der Waals surface area contributed by atoms with Gasteiger partial charge in [0.25, 0.3) is 0 Å². The summed E-state index contributed by atoms with van der Waals surface area (Å²) in [7, 11) is 1.59. The quantitative estimate of drug-likeness (QED) is 0.390. The number of carbonyl (C=O) groups is 1. The average molecular weight is 341 g/mol. The van der Waals surface area contributed by atoms with Crippen LogP contribution < -0.4 is 5.43 Å². The molecule has 2 aromatic rings. The van der Waals surface area contributed by atoms with Gasteiger partial charge in [0.05, 0.1) is 18.1 Å². The maximum absolute atomic E-state index is 10.4. The van der Waals surface area contributed by atoms with E-state index in [-0.39, 0.29) is 5.92 Å². The lowest BCUT2D eigenvalue weighted by Crippen LogP contribution is -2.38. The summed E-state index contributed by atoms with van der Waals surface area (Å²) in [6.45, 7) is 4.12. The van der Waals surface area contributed by atoms with Crippen molar-refractivity contribution in [3.8, 4) is 0 Å². The maximum atomic E-state index is 10.4. The van der Waals surface area contributed by atoms with Gasteiger partial charge in [0, 0.05) is 24.4 Å². The minimum Gasteiger partial charge on any atom is -0.483 e. The molecule has 1 fully saturated rings. The third-order valence-corrected chi connectivity index (χ3v) is 4.84. The number of nitrogens with zero attached hydrogens (tertiary/aromatic N) is 4. The number of hydrogen-bond donors (Lipinski definition) is 1. The molecule has 7 nitrogen and oxygen atoms in total. The zero-order valence-electron chi connectivity index (χ0n) is 14.6. The van der Waals surface area contributed by atoms with Crippen LogP contribution in [-0.4, -0.2) is 47.4 Å². The van der Waals surface area contributed by atoms with Crippen LogP contribution in [0.3, 0.4) is 0 Å². The van der Waals surface area contributed by atoms with Crippen molar-refractivity contribution in [3.05, 3.63) is 36.2 Å². The third kappa shape index (κ3) is 3.93. The number of nitrogens with one attached hydrogen (secondary N) is 1. The topological polar surface area (TPSA) is 79.7 Å². The molecule has 1 amide bonds. The van der Waals surface area contributed by atoms with Crippen molar-refractivity contribution in [2.75, 3.05) is 20.2 Å². The van der Waals surface area contributed by atoms with E-state index in [0.717, 1.165) is 37.0 Å². The van der Waals surface area contributed by atoms with E-state index < -0.39 is 0 Å². The van der Waals surface area contributed by atoms with Crippen molar-refractivity contribution >= 4 is 23.3 Å². The lowest BCUT2D eigenvalue weighted by molar-refractivity contribution is -0.109. The maximum Gasteiger partial charge on any atom is 0.227 e. The van der Waals surface area contributed by atoms with E-state index in [1.165, 1.54) is 5.56 Å². The molecule has 1 aliphatic rings. The van der Waals surface area contributed by atoms with Crippen molar-refractivity contribution in [2.24, 2.45) is 11.0 Å².